The molecule has 2 amide bonds. The summed E-state index contributed by atoms with van der Waals surface area (Å²) in [6.45, 7) is 11.6. The van der Waals surface area contributed by atoms with Gasteiger partial charge in [0, 0.05) is 24.2 Å². The van der Waals surface area contributed by atoms with Crippen molar-refractivity contribution in [3.05, 3.63) is 52.9 Å². The fraction of sp³-hybridized carbons (Fsp3) is 0.560. The van der Waals surface area contributed by atoms with E-state index < -0.39 is 0 Å². The van der Waals surface area contributed by atoms with Gasteiger partial charge >= 0.3 is 0 Å². The van der Waals surface area contributed by atoms with Gasteiger partial charge in [-0.2, -0.15) is 0 Å². The maximum atomic E-state index is 13.4. The van der Waals surface area contributed by atoms with Gasteiger partial charge < -0.3 is 14.7 Å². The van der Waals surface area contributed by atoms with Crippen molar-refractivity contribution in [3.63, 3.8) is 0 Å². The highest BCUT2D eigenvalue weighted by molar-refractivity contribution is 5.94. The molecule has 1 N–H and O–H groups in total. The molecule has 168 valence electrons. The van der Waals surface area contributed by atoms with Gasteiger partial charge in [0.25, 0.3) is 11.8 Å². The van der Waals surface area contributed by atoms with Crippen molar-refractivity contribution >= 4 is 11.8 Å². The van der Waals surface area contributed by atoms with E-state index in [1.165, 1.54) is 18.4 Å². The number of rotatable bonds is 9. The highest BCUT2D eigenvalue weighted by atomic mass is 16.5. The number of aromatic nitrogens is 1. The zero-order valence-electron chi connectivity index (χ0n) is 19.4. The molecule has 3 rings (SSSR count). The first-order valence-corrected chi connectivity index (χ1v) is 11.4. The predicted octanol–water partition coefficient (Wildman–Crippen LogP) is 4.94. The van der Waals surface area contributed by atoms with Crippen molar-refractivity contribution < 1.29 is 14.1 Å². The molecular formula is C25H35N3O3. The van der Waals surface area contributed by atoms with Crippen molar-refractivity contribution in [1.82, 2.24) is 15.4 Å². The zero-order valence-corrected chi connectivity index (χ0v) is 19.4. The van der Waals surface area contributed by atoms with E-state index in [0.29, 0.717) is 23.8 Å². The molecule has 0 aliphatic heterocycles. The number of hydrogen-bond donors (Lipinski definition) is 1. The van der Waals surface area contributed by atoms with Crippen LogP contribution in [0, 0.1) is 5.92 Å². The van der Waals surface area contributed by atoms with E-state index in [-0.39, 0.29) is 35.5 Å². The van der Waals surface area contributed by atoms with E-state index in [1.807, 2.05) is 29.2 Å². The minimum Gasteiger partial charge on any atom is -0.359 e. The Morgan fingerprint density at radius 2 is 1.81 bits per heavy atom. The minimum atomic E-state index is -0.222. The van der Waals surface area contributed by atoms with Crippen LogP contribution >= 0.6 is 0 Å². The maximum Gasteiger partial charge on any atom is 0.273 e. The molecule has 1 aromatic heterocycles. The third-order valence-electron chi connectivity index (χ3n) is 6.01. The topological polar surface area (TPSA) is 75.4 Å². The van der Waals surface area contributed by atoms with Crippen LogP contribution in [-0.4, -0.2) is 34.5 Å². The number of carbonyl (C=O) groups excluding carboxylic acids is 2. The summed E-state index contributed by atoms with van der Waals surface area (Å²) >= 11 is 0. The number of nitrogens with one attached hydrogen (secondary N) is 1. The van der Waals surface area contributed by atoms with Crippen LogP contribution < -0.4 is 5.32 Å². The van der Waals surface area contributed by atoms with Crippen LogP contribution in [0.4, 0.5) is 0 Å². The first-order chi connectivity index (χ1) is 14.7. The summed E-state index contributed by atoms with van der Waals surface area (Å²) in [5, 5.41) is 6.82. The van der Waals surface area contributed by atoms with Crippen LogP contribution in [0.25, 0.3) is 0 Å². The van der Waals surface area contributed by atoms with Gasteiger partial charge in [-0.15, -0.1) is 0 Å². The normalized spacial score (nSPS) is 14.0. The predicted molar refractivity (Wildman–Crippen MR) is 121 cm³/mol. The molecule has 0 spiro atoms. The largest absolute Gasteiger partial charge is 0.359 e. The van der Waals surface area contributed by atoms with Gasteiger partial charge in [-0.05, 0) is 54.7 Å². The van der Waals surface area contributed by atoms with Crippen molar-refractivity contribution in [2.45, 2.75) is 78.3 Å². The van der Waals surface area contributed by atoms with Gasteiger partial charge in [0.15, 0.2) is 11.5 Å². The lowest BCUT2D eigenvalue weighted by atomic mass is 9.86. The van der Waals surface area contributed by atoms with Gasteiger partial charge in [0.2, 0.25) is 0 Å². The van der Waals surface area contributed by atoms with Crippen LogP contribution in [0.5, 0.6) is 0 Å². The molecule has 0 radical (unpaired) electrons. The summed E-state index contributed by atoms with van der Waals surface area (Å²) in [6.07, 6.45) is 4.03. The molecule has 1 saturated carbocycles. The van der Waals surface area contributed by atoms with Gasteiger partial charge in [0.05, 0.1) is 6.54 Å². The fourth-order valence-electron chi connectivity index (χ4n) is 3.69. The first-order valence-electron chi connectivity index (χ1n) is 11.4. The third-order valence-corrected chi connectivity index (χ3v) is 6.01. The van der Waals surface area contributed by atoms with Crippen LogP contribution in [-0.2, 0) is 12.0 Å². The highest BCUT2D eigenvalue weighted by Crippen LogP contribution is 2.27. The summed E-state index contributed by atoms with van der Waals surface area (Å²) in [5.41, 5.74) is 2.15. The van der Waals surface area contributed by atoms with E-state index in [4.69, 9.17) is 4.52 Å². The molecule has 1 aromatic carbocycles. The molecule has 6 heteroatoms. The zero-order chi connectivity index (χ0) is 22.6. The van der Waals surface area contributed by atoms with Crippen LogP contribution in [0.2, 0.25) is 0 Å². The molecule has 6 nitrogen and oxygen atoms in total. The average Bonchev–Trinajstić information content (AvgIpc) is 3.47. The fourth-order valence-corrected chi connectivity index (χ4v) is 3.69. The van der Waals surface area contributed by atoms with Crippen LogP contribution in [0.1, 0.15) is 92.5 Å². The van der Waals surface area contributed by atoms with Crippen molar-refractivity contribution in [2.75, 3.05) is 6.54 Å². The lowest BCUT2D eigenvalue weighted by Crippen LogP contribution is -2.39. The van der Waals surface area contributed by atoms with E-state index in [1.54, 1.807) is 6.07 Å². The Morgan fingerprint density at radius 3 is 2.35 bits per heavy atom. The molecule has 31 heavy (non-hydrogen) atoms. The maximum absolute atomic E-state index is 13.4. The van der Waals surface area contributed by atoms with Crippen LogP contribution in [0.3, 0.4) is 0 Å². The molecule has 0 unspecified atom stereocenters. The van der Waals surface area contributed by atoms with E-state index in [9.17, 15) is 9.59 Å². The Labute approximate surface area is 185 Å². The SMILES string of the molecule is CCC(CC)N(Cc1cc(C(=O)NCC2CC2)no1)C(=O)c1ccc(C(C)(C)C)cc1. The molecule has 1 fully saturated rings. The van der Waals surface area contributed by atoms with E-state index in [0.717, 1.165) is 12.8 Å². The molecule has 1 heterocycles. The van der Waals surface area contributed by atoms with Gasteiger partial charge in [-0.1, -0.05) is 51.9 Å². The summed E-state index contributed by atoms with van der Waals surface area (Å²) in [6, 6.07) is 9.56. The Balaban J connectivity index is 1.74. The third kappa shape index (κ3) is 5.96. The van der Waals surface area contributed by atoms with Gasteiger partial charge in [0.1, 0.15) is 0 Å². The second kappa shape index (κ2) is 9.67. The quantitative estimate of drug-likeness (QED) is 0.617. The van der Waals surface area contributed by atoms with E-state index in [2.05, 4.69) is 45.1 Å². The average molecular weight is 426 g/mol. The molecule has 0 bridgehead atoms. The number of carbonyl (C=O) groups is 2. The summed E-state index contributed by atoms with van der Waals surface area (Å²) in [7, 11) is 0. The lowest BCUT2D eigenvalue weighted by Gasteiger charge is -2.30. The van der Waals surface area contributed by atoms with Gasteiger partial charge in [-0.3, -0.25) is 9.59 Å². The second-order valence-electron chi connectivity index (χ2n) is 9.56. The second-order valence-corrected chi connectivity index (χ2v) is 9.56. The lowest BCUT2D eigenvalue weighted by molar-refractivity contribution is 0.0627. The smallest absolute Gasteiger partial charge is 0.273 e. The molecule has 0 saturated heterocycles. The summed E-state index contributed by atoms with van der Waals surface area (Å²) in [5.74, 6) is 0.858. The Hall–Kier alpha value is -2.63. The summed E-state index contributed by atoms with van der Waals surface area (Å²) in [4.78, 5) is 27.5. The first kappa shape index (κ1) is 23.0. The number of nitrogens with zero attached hydrogens (tertiary/aromatic N) is 2. The van der Waals surface area contributed by atoms with Crippen molar-refractivity contribution in [1.29, 1.82) is 0 Å². The molecular weight excluding hydrogens is 390 g/mol. The molecule has 0 atom stereocenters. The molecule has 1 aliphatic rings. The monoisotopic (exact) mass is 425 g/mol. The molecule has 2 aromatic rings. The highest BCUT2D eigenvalue weighted by Gasteiger charge is 2.26. The van der Waals surface area contributed by atoms with E-state index >= 15 is 0 Å². The Kier molecular flexibility index (Phi) is 7.19. The van der Waals surface area contributed by atoms with Crippen LogP contribution in [0.15, 0.2) is 34.9 Å². The van der Waals surface area contributed by atoms with Crippen molar-refractivity contribution in [3.8, 4) is 0 Å². The number of hydrogen-bond acceptors (Lipinski definition) is 4. The standard InChI is InChI=1S/C25H35N3O3/c1-6-20(7-2)28(24(30)18-10-12-19(13-11-18)25(3,4)5)16-21-14-22(27-31-21)23(29)26-15-17-8-9-17/h10-14,17,20H,6-9,15-16H2,1-5H3,(H,26,29). The Morgan fingerprint density at radius 1 is 1.16 bits per heavy atom. The minimum absolute atomic E-state index is 0.0347. The van der Waals surface area contributed by atoms with Gasteiger partial charge in [-0.25, -0.2) is 0 Å². The van der Waals surface area contributed by atoms with Crippen molar-refractivity contribution in [2.24, 2.45) is 5.92 Å². The summed E-state index contributed by atoms with van der Waals surface area (Å²) < 4.78 is 5.42. The Bertz CT molecular complexity index is 887. The molecule has 1 aliphatic carbocycles. The number of benzene rings is 1. The number of amides is 2.